The number of benzene rings is 1. The first-order chi connectivity index (χ1) is 17.1. The molecule has 0 aliphatic carbocycles. The van der Waals surface area contributed by atoms with Crippen molar-refractivity contribution in [3.8, 4) is 11.3 Å². The van der Waals surface area contributed by atoms with Crippen molar-refractivity contribution >= 4 is 46.5 Å². The van der Waals surface area contributed by atoms with Gasteiger partial charge in [-0.2, -0.15) is 18.3 Å². The smallest absolute Gasteiger partial charge is 0.416 e. The molecule has 0 aliphatic rings. The van der Waals surface area contributed by atoms with Crippen LogP contribution >= 0.6 is 34.5 Å². The minimum atomic E-state index is -4.61. The minimum absolute atomic E-state index is 0.0638. The predicted octanol–water partition coefficient (Wildman–Crippen LogP) is 6.59. The summed E-state index contributed by atoms with van der Waals surface area (Å²) in [4.78, 5) is 26.5. The molecule has 3 aromatic rings. The standard InChI is InChI=1S/C24H25Cl2F3N4O3S/c1-23(2,3)33(22(35)36)12-14(9-13-7-5-6-8-16(13)24(27,28)29)31-21(34)18-10-15(20(26)37-18)19-17(25)11-30-32(19)4/h5-8,10-11,14H,9,12H2,1-4H3,(H,31,34)(H,35,36)/t14-/m0/s1. The average molecular weight is 577 g/mol. The van der Waals surface area contributed by atoms with Crippen LogP contribution in [0.4, 0.5) is 18.0 Å². The summed E-state index contributed by atoms with van der Waals surface area (Å²) in [5.41, 5.74) is -0.802. The van der Waals surface area contributed by atoms with Gasteiger partial charge in [0.15, 0.2) is 0 Å². The highest BCUT2D eigenvalue weighted by Crippen LogP contribution is 2.39. The van der Waals surface area contributed by atoms with E-state index < -0.39 is 35.3 Å². The van der Waals surface area contributed by atoms with Gasteiger partial charge in [-0.05, 0) is 44.9 Å². The zero-order chi connectivity index (χ0) is 27.7. The van der Waals surface area contributed by atoms with E-state index in [4.69, 9.17) is 23.2 Å². The summed E-state index contributed by atoms with van der Waals surface area (Å²) in [6.45, 7) is 4.74. The van der Waals surface area contributed by atoms with E-state index in [1.54, 1.807) is 27.8 Å². The molecular weight excluding hydrogens is 552 g/mol. The SMILES string of the molecule is Cn1ncc(Cl)c1-c1cc(C(=O)N[C@@H](Cc2ccccc2C(F)(F)F)CN(C(=O)O)C(C)(C)C)sc1Cl. The topological polar surface area (TPSA) is 87.5 Å². The second-order valence-corrected chi connectivity index (χ2v) is 11.4. The zero-order valence-corrected chi connectivity index (χ0v) is 22.7. The summed E-state index contributed by atoms with van der Waals surface area (Å²) in [6.07, 6.45) is -4.68. The molecule has 200 valence electrons. The van der Waals surface area contributed by atoms with E-state index in [0.29, 0.717) is 16.3 Å². The Morgan fingerprint density at radius 1 is 1.22 bits per heavy atom. The van der Waals surface area contributed by atoms with Gasteiger partial charge in [-0.3, -0.25) is 9.48 Å². The van der Waals surface area contributed by atoms with E-state index in [0.717, 1.165) is 22.3 Å². The average Bonchev–Trinajstić information content (AvgIpc) is 3.31. The second-order valence-electron chi connectivity index (χ2n) is 9.36. The number of nitrogens with one attached hydrogen (secondary N) is 1. The van der Waals surface area contributed by atoms with Crippen molar-refractivity contribution in [3.63, 3.8) is 0 Å². The zero-order valence-electron chi connectivity index (χ0n) is 20.4. The van der Waals surface area contributed by atoms with Crippen LogP contribution in [0.25, 0.3) is 11.3 Å². The molecule has 0 aliphatic heterocycles. The van der Waals surface area contributed by atoms with Crippen LogP contribution in [0.2, 0.25) is 9.36 Å². The maximum atomic E-state index is 13.6. The Kier molecular flexibility index (Phi) is 8.50. The Balaban J connectivity index is 1.96. The number of carboxylic acid groups (broad SMARTS) is 1. The van der Waals surface area contributed by atoms with Gasteiger partial charge in [0.25, 0.3) is 5.91 Å². The third-order valence-electron chi connectivity index (χ3n) is 5.63. The number of amides is 2. The fraction of sp³-hybridized carbons (Fsp3) is 0.375. The molecular formula is C24H25Cl2F3N4O3S. The van der Waals surface area contributed by atoms with Crippen molar-refractivity contribution < 1.29 is 27.9 Å². The van der Waals surface area contributed by atoms with Crippen molar-refractivity contribution in [2.75, 3.05) is 6.54 Å². The van der Waals surface area contributed by atoms with Gasteiger partial charge in [0.2, 0.25) is 0 Å². The summed E-state index contributed by atoms with van der Waals surface area (Å²) >= 11 is 13.5. The molecule has 0 saturated heterocycles. The summed E-state index contributed by atoms with van der Waals surface area (Å²) < 4.78 is 42.7. The fourth-order valence-electron chi connectivity index (χ4n) is 3.87. The lowest BCUT2D eigenvalue weighted by Gasteiger charge is -2.36. The van der Waals surface area contributed by atoms with Gasteiger partial charge in [0, 0.05) is 24.7 Å². The highest BCUT2D eigenvalue weighted by molar-refractivity contribution is 7.18. The van der Waals surface area contributed by atoms with Gasteiger partial charge >= 0.3 is 12.3 Å². The Labute approximate surface area is 225 Å². The van der Waals surface area contributed by atoms with Gasteiger partial charge in [-0.1, -0.05) is 41.4 Å². The number of alkyl halides is 3. The molecule has 0 radical (unpaired) electrons. The van der Waals surface area contributed by atoms with E-state index in [2.05, 4.69) is 10.4 Å². The first-order valence-electron chi connectivity index (χ1n) is 11.0. The van der Waals surface area contributed by atoms with E-state index >= 15 is 0 Å². The molecule has 7 nitrogen and oxygen atoms in total. The highest BCUT2D eigenvalue weighted by atomic mass is 35.5. The maximum Gasteiger partial charge on any atom is 0.416 e. The van der Waals surface area contributed by atoms with Crippen LogP contribution in [-0.4, -0.2) is 49.9 Å². The Morgan fingerprint density at radius 3 is 2.41 bits per heavy atom. The first kappa shape index (κ1) is 28.8. The van der Waals surface area contributed by atoms with Crippen molar-refractivity contribution in [2.24, 2.45) is 7.05 Å². The molecule has 2 amide bonds. The number of aryl methyl sites for hydroxylation is 1. The van der Waals surface area contributed by atoms with Crippen LogP contribution in [0, 0.1) is 0 Å². The summed E-state index contributed by atoms with van der Waals surface area (Å²) in [5.74, 6) is -0.606. The molecule has 1 aromatic carbocycles. The van der Waals surface area contributed by atoms with E-state index in [9.17, 15) is 27.9 Å². The van der Waals surface area contributed by atoms with Crippen molar-refractivity contribution in [1.29, 1.82) is 0 Å². The largest absolute Gasteiger partial charge is 0.465 e. The summed E-state index contributed by atoms with van der Waals surface area (Å²) in [6, 6.07) is 5.55. The highest BCUT2D eigenvalue weighted by Gasteiger charge is 2.35. The molecule has 0 bridgehead atoms. The van der Waals surface area contributed by atoms with Crippen molar-refractivity contribution in [1.82, 2.24) is 20.0 Å². The molecule has 0 unspecified atom stereocenters. The number of thiophene rings is 1. The van der Waals surface area contributed by atoms with Crippen LogP contribution in [0.1, 0.15) is 41.6 Å². The van der Waals surface area contributed by atoms with Crippen LogP contribution < -0.4 is 5.32 Å². The third-order valence-corrected chi connectivity index (χ3v) is 7.26. The van der Waals surface area contributed by atoms with Crippen LogP contribution in [0.5, 0.6) is 0 Å². The van der Waals surface area contributed by atoms with Crippen LogP contribution in [0.3, 0.4) is 0 Å². The quantitative estimate of drug-likeness (QED) is 0.332. The normalized spacial score (nSPS) is 12.9. The second kappa shape index (κ2) is 10.9. The van der Waals surface area contributed by atoms with E-state index in [1.165, 1.54) is 35.1 Å². The monoisotopic (exact) mass is 576 g/mol. The number of nitrogens with zero attached hydrogens (tertiary/aromatic N) is 3. The Morgan fingerprint density at radius 2 is 1.86 bits per heavy atom. The molecule has 0 spiro atoms. The lowest BCUT2D eigenvalue weighted by atomic mass is 9.97. The number of rotatable bonds is 7. The molecule has 2 aromatic heterocycles. The van der Waals surface area contributed by atoms with Crippen molar-refractivity contribution in [2.45, 2.75) is 44.9 Å². The number of carbonyl (C=O) groups is 2. The molecule has 13 heteroatoms. The third kappa shape index (κ3) is 6.77. The summed E-state index contributed by atoms with van der Waals surface area (Å²) in [5, 5.41) is 16.9. The van der Waals surface area contributed by atoms with Crippen molar-refractivity contribution in [3.05, 3.63) is 61.9 Å². The van der Waals surface area contributed by atoms with Gasteiger partial charge in [0.1, 0.15) is 4.34 Å². The first-order valence-corrected chi connectivity index (χ1v) is 12.6. The molecule has 0 saturated carbocycles. The summed E-state index contributed by atoms with van der Waals surface area (Å²) in [7, 11) is 1.66. The molecule has 2 heterocycles. The molecule has 0 fully saturated rings. The van der Waals surface area contributed by atoms with Gasteiger partial charge in [-0.15, -0.1) is 11.3 Å². The lowest BCUT2D eigenvalue weighted by Crippen LogP contribution is -2.53. The fourth-order valence-corrected chi connectivity index (χ4v) is 5.32. The Hall–Kier alpha value is -2.76. The minimum Gasteiger partial charge on any atom is -0.465 e. The number of carbonyl (C=O) groups excluding carboxylic acids is 1. The van der Waals surface area contributed by atoms with E-state index in [-0.39, 0.29) is 27.7 Å². The van der Waals surface area contributed by atoms with Gasteiger partial charge in [0.05, 0.1) is 33.4 Å². The molecule has 2 N–H and O–H groups in total. The number of hydrogen-bond acceptors (Lipinski definition) is 4. The maximum absolute atomic E-state index is 13.6. The molecule has 3 rings (SSSR count). The molecule has 1 atom stereocenters. The predicted molar refractivity (Wildman–Crippen MR) is 137 cm³/mol. The molecule has 37 heavy (non-hydrogen) atoms. The van der Waals surface area contributed by atoms with Gasteiger partial charge < -0.3 is 15.3 Å². The number of hydrogen-bond donors (Lipinski definition) is 2. The Bertz CT molecular complexity index is 1280. The van der Waals surface area contributed by atoms with Crippen LogP contribution in [-0.2, 0) is 19.6 Å². The lowest BCUT2D eigenvalue weighted by molar-refractivity contribution is -0.138. The number of halogens is 5. The van der Waals surface area contributed by atoms with Crippen LogP contribution in [0.15, 0.2) is 36.5 Å². The number of aromatic nitrogens is 2. The van der Waals surface area contributed by atoms with E-state index in [1.807, 2.05) is 0 Å². The van der Waals surface area contributed by atoms with Gasteiger partial charge in [-0.25, -0.2) is 4.79 Å².